The van der Waals surface area contributed by atoms with Crippen molar-refractivity contribution in [2.45, 2.75) is 45.1 Å². The van der Waals surface area contributed by atoms with Crippen molar-refractivity contribution in [2.75, 3.05) is 18.4 Å². The average molecular weight is 314 g/mol. The molecule has 0 aliphatic carbocycles. The monoisotopic (exact) mass is 313 g/mol. The summed E-state index contributed by atoms with van der Waals surface area (Å²) in [7, 11) is 0. The first-order valence-corrected chi connectivity index (χ1v) is 8.06. The van der Waals surface area contributed by atoms with E-state index in [1.54, 1.807) is 6.07 Å². The van der Waals surface area contributed by atoms with E-state index in [0.29, 0.717) is 5.02 Å². The first-order chi connectivity index (χ1) is 10.1. The topological polar surface area (TPSA) is 33.5 Å². The molecule has 0 radical (unpaired) electrons. The number of hydrogen-bond acceptors (Lipinski definition) is 1. The third kappa shape index (κ3) is 4.68. The molecule has 1 saturated heterocycles. The average Bonchev–Trinajstić information content (AvgIpc) is 2.41. The molecule has 1 aromatic rings. The van der Waals surface area contributed by atoms with Crippen LogP contribution in [0.1, 0.15) is 39.0 Å². The molecule has 1 aromatic carbocycles. The summed E-state index contributed by atoms with van der Waals surface area (Å²) in [6.45, 7) is 3.94. The summed E-state index contributed by atoms with van der Waals surface area (Å²) in [5, 5.41) is 3.00. The van der Waals surface area contributed by atoms with Crippen molar-refractivity contribution >= 4 is 23.2 Å². The second-order valence-electron chi connectivity index (χ2n) is 5.76. The highest BCUT2D eigenvalue weighted by atomic mass is 35.5. The SMILES string of the molecule is C[C@@H](C(=O)Nc1ccc(Cl)cc1F)[NH+]1CCCCCCC1. The number of carbonyl (C=O) groups is 1. The van der Waals surface area contributed by atoms with Crippen molar-refractivity contribution in [3.63, 3.8) is 0 Å². The first kappa shape index (κ1) is 16.2. The smallest absolute Gasteiger partial charge is 0.282 e. The maximum absolute atomic E-state index is 13.7. The van der Waals surface area contributed by atoms with E-state index in [1.807, 2.05) is 6.92 Å². The summed E-state index contributed by atoms with van der Waals surface area (Å²) in [5.74, 6) is -0.627. The van der Waals surface area contributed by atoms with Crippen LogP contribution in [0.25, 0.3) is 0 Å². The van der Waals surface area contributed by atoms with Crippen LogP contribution in [0.5, 0.6) is 0 Å². The van der Waals surface area contributed by atoms with Crippen LogP contribution in [-0.2, 0) is 4.79 Å². The highest BCUT2D eigenvalue weighted by molar-refractivity contribution is 6.30. The van der Waals surface area contributed by atoms with Gasteiger partial charge in [0.15, 0.2) is 6.04 Å². The number of hydrogen-bond donors (Lipinski definition) is 2. The van der Waals surface area contributed by atoms with Crippen LogP contribution >= 0.6 is 11.6 Å². The Morgan fingerprint density at radius 3 is 2.48 bits per heavy atom. The summed E-state index contributed by atoms with van der Waals surface area (Å²) in [5.41, 5.74) is 0.197. The molecular formula is C16H23ClFN2O+. The molecule has 2 N–H and O–H groups in total. The van der Waals surface area contributed by atoms with Crippen LogP contribution in [0.2, 0.25) is 5.02 Å². The largest absolute Gasteiger partial charge is 0.325 e. The fourth-order valence-corrected chi connectivity index (χ4v) is 2.97. The van der Waals surface area contributed by atoms with Crippen molar-refractivity contribution in [3.05, 3.63) is 29.0 Å². The maximum Gasteiger partial charge on any atom is 0.282 e. The van der Waals surface area contributed by atoms with Crippen LogP contribution in [-0.4, -0.2) is 25.0 Å². The highest BCUT2D eigenvalue weighted by Crippen LogP contribution is 2.18. The molecular weight excluding hydrogens is 291 g/mol. The summed E-state index contributed by atoms with van der Waals surface area (Å²) in [6, 6.07) is 4.13. The van der Waals surface area contributed by atoms with Crippen LogP contribution in [0, 0.1) is 5.82 Å². The lowest BCUT2D eigenvalue weighted by Gasteiger charge is -2.27. The minimum absolute atomic E-state index is 0.133. The molecule has 5 heteroatoms. The zero-order valence-corrected chi connectivity index (χ0v) is 13.2. The normalized spacial score (nSPS) is 18.6. The van der Waals surface area contributed by atoms with E-state index in [2.05, 4.69) is 5.32 Å². The number of likely N-dealkylation sites (tertiary alicyclic amines) is 1. The number of quaternary nitrogens is 1. The Morgan fingerprint density at radius 2 is 1.86 bits per heavy atom. The van der Waals surface area contributed by atoms with Gasteiger partial charge in [-0.1, -0.05) is 18.0 Å². The fourth-order valence-electron chi connectivity index (χ4n) is 2.81. The first-order valence-electron chi connectivity index (χ1n) is 7.68. The number of benzene rings is 1. The number of nitrogens with one attached hydrogen (secondary N) is 2. The quantitative estimate of drug-likeness (QED) is 0.884. The molecule has 1 heterocycles. The Morgan fingerprint density at radius 1 is 1.24 bits per heavy atom. The van der Waals surface area contributed by atoms with E-state index in [-0.39, 0.29) is 17.6 Å². The molecule has 0 unspecified atom stereocenters. The van der Waals surface area contributed by atoms with Gasteiger partial charge in [-0.05, 0) is 50.8 Å². The fraction of sp³-hybridized carbons (Fsp3) is 0.562. The zero-order valence-electron chi connectivity index (χ0n) is 12.4. The minimum atomic E-state index is -0.495. The number of rotatable bonds is 3. The molecule has 0 spiro atoms. The van der Waals surface area contributed by atoms with Gasteiger partial charge in [0.25, 0.3) is 5.91 Å². The molecule has 2 rings (SSSR count). The van der Waals surface area contributed by atoms with Crippen LogP contribution in [0.3, 0.4) is 0 Å². The van der Waals surface area contributed by atoms with Gasteiger partial charge in [0.05, 0.1) is 18.8 Å². The van der Waals surface area contributed by atoms with Crippen molar-refractivity contribution in [1.82, 2.24) is 0 Å². The molecule has 1 fully saturated rings. The lowest BCUT2D eigenvalue weighted by Crippen LogP contribution is -3.16. The Bertz CT molecular complexity index is 487. The van der Waals surface area contributed by atoms with Gasteiger partial charge in [-0.3, -0.25) is 4.79 Å². The molecule has 21 heavy (non-hydrogen) atoms. The Kier molecular flexibility index (Phi) is 6.00. The van der Waals surface area contributed by atoms with E-state index in [4.69, 9.17) is 11.6 Å². The van der Waals surface area contributed by atoms with Gasteiger partial charge in [0.2, 0.25) is 0 Å². The Labute approximate surface area is 130 Å². The summed E-state index contributed by atoms with van der Waals surface area (Å²) < 4.78 is 13.7. The summed E-state index contributed by atoms with van der Waals surface area (Å²) in [4.78, 5) is 13.6. The van der Waals surface area contributed by atoms with E-state index in [9.17, 15) is 9.18 Å². The summed E-state index contributed by atoms with van der Waals surface area (Å²) in [6.07, 6.45) is 6.08. The second kappa shape index (κ2) is 7.76. The molecule has 1 aliphatic rings. The molecule has 0 saturated carbocycles. The van der Waals surface area contributed by atoms with Crippen molar-refractivity contribution < 1.29 is 14.1 Å². The zero-order chi connectivity index (χ0) is 15.2. The number of halogens is 2. The molecule has 0 bridgehead atoms. The molecule has 3 nitrogen and oxygen atoms in total. The van der Waals surface area contributed by atoms with Crippen molar-refractivity contribution in [1.29, 1.82) is 0 Å². The maximum atomic E-state index is 13.7. The minimum Gasteiger partial charge on any atom is -0.325 e. The third-order valence-electron chi connectivity index (χ3n) is 4.19. The third-order valence-corrected chi connectivity index (χ3v) is 4.43. The van der Waals surface area contributed by atoms with Crippen molar-refractivity contribution in [3.8, 4) is 0 Å². The van der Waals surface area contributed by atoms with Gasteiger partial charge in [-0.25, -0.2) is 4.39 Å². The number of carbonyl (C=O) groups excluding carboxylic acids is 1. The molecule has 1 atom stereocenters. The van der Waals surface area contributed by atoms with Gasteiger partial charge in [0, 0.05) is 5.02 Å². The Hall–Kier alpha value is -1.13. The van der Waals surface area contributed by atoms with E-state index >= 15 is 0 Å². The van der Waals surface area contributed by atoms with Gasteiger partial charge >= 0.3 is 0 Å². The van der Waals surface area contributed by atoms with E-state index < -0.39 is 5.82 Å². The molecule has 0 aromatic heterocycles. The molecule has 1 aliphatic heterocycles. The van der Waals surface area contributed by atoms with E-state index in [1.165, 1.54) is 36.3 Å². The van der Waals surface area contributed by atoms with E-state index in [0.717, 1.165) is 25.9 Å². The van der Waals surface area contributed by atoms with Crippen molar-refractivity contribution in [2.24, 2.45) is 0 Å². The van der Waals surface area contributed by atoms with Gasteiger partial charge in [0.1, 0.15) is 5.82 Å². The standard InChI is InChI=1S/C16H22ClFN2O/c1-12(20-9-5-3-2-4-6-10-20)16(21)19-15-8-7-13(17)11-14(15)18/h7-8,11-12H,2-6,9-10H2,1H3,(H,19,21)/p+1/t12-/m0/s1. The predicted molar refractivity (Wildman–Crippen MR) is 83.3 cm³/mol. The summed E-state index contributed by atoms with van der Waals surface area (Å²) >= 11 is 5.71. The van der Waals surface area contributed by atoms with Crippen LogP contribution < -0.4 is 10.2 Å². The van der Waals surface area contributed by atoms with Crippen LogP contribution in [0.15, 0.2) is 18.2 Å². The van der Waals surface area contributed by atoms with Crippen LogP contribution in [0.4, 0.5) is 10.1 Å². The van der Waals surface area contributed by atoms with Gasteiger partial charge in [-0.2, -0.15) is 0 Å². The van der Waals surface area contributed by atoms with Gasteiger partial charge < -0.3 is 10.2 Å². The second-order valence-corrected chi connectivity index (χ2v) is 6.20. The Balaban J connectivity index is 1.97. The lowest BCUT2D eigenvalue weighted by atomic mass is 10.1. The number of anilines is 1. The number of amides is 1. The van der Waals surface area contributed by atoms with Gasteiger partial charge in [-0.15, -0.1) is 0 Å². The molecule has 1 amide bonds. The highest BCUT2D eigenvalue weighted by Gasteiger charge is 2.25. The lowest BCUT2D eigenvalue weighted by molar-refractivity contribution is -0.914. The molecule has 116 valence electrons. The predicted octanol–water partition coefficient (Wildman–Crippen LogP) is 2.66.